The molecule has 2 atom stereocenters. The number of rotatable bonds is 5. The summed E-state index contributed by atoms with van der Waals surface area (Å²) in [5.41, 5.74) is 2.77. The molecule has 2 unspecified atom stereocenters. The van der Waals surface area contributed by atoms with Gasteiger partial charge in [-0.05, 0) is 43.0 Å². The van der Waals surface area contributed by atoms with Gasteiger partial charge in [0, 0.05) is 11.6 Å². The molecule has 2 aromatic rings. The summed E-state index contributed by atoms with van der Waals surface area (Å²) < 4.78 is 0.159. The SMILES string of the molecule is CCC1(CCCCl)C(=O)N(c2ccccc2)c2ccccc2C1I. The zero-order valence-corrected chi connectivity index (χ0v) is 16.6. The van der Waals surface area contributed by atoms with Gasteiger partial charge in [0.1, 0.15) is 0 Å². The highest BCUT2D eigenvalue weighted by Crippen LogP contribution is 2.56. The summed E-state index contributed by atoms with van der Waals surface area (Å²) in [7, 11) is 0. The van der Waals surface area contributed by atoms with Crippen LogP contribution in [0.4, 0.5) is 11.4 Å². The third-order valence-corrected chi connectivity index (χ3v) is 7.10. The van der Waals surface area contributed by atoms with Gasteiger partial charge in [-0.25, -0.2) is 0 Å². The Bertz CT molecular complexity index is 721. The second kappa shape index (κ2) is 7.44. The van der Waals surface area contributed by atoms with Gasteiger partial charge in [0.25, 0.3) is 0 Å². The second-order valence-corrected chi connectivity index (χ2v) is 7.82. The van der Waals surface area contributed by atoms with Crippen LogP contribution in [0.5, 0.6) is 0 Å². The quantitative estimate of drug-likeness (QED) is 0.387. The van der Waals surface area contributed by atoms with E-state index in [0.717, 1.165) is 30.6 Å². The van der Waals surface area contributed by atoms with Crippen molar-refractivity contribution < 1.29 is 4.79 Å². The van der Waals surface area contributed by atoms with Crippen molar-refractivity contribution in [3.8, 4) is 0 Å². The Kier molecular flexibility index (Phi) is 5.50. The lowest BCUT2D eigenvalue weighted by atomic mass is 9.71. The lowest BCUT2D eigenvalue weighted by Crippen LogP contribution is -2.48. The van der Waals surface area contributed by atoms with E-state index in [9.17, 15) is 4.79 Å². The maximum absolute atomic E-state index is 13.6. The molecule has 0 N–H and O–H groups in total. The molecule has 2 nitrogen and oxygen atoms in total. The Labute approximate surface area is 162 Å². The van der Waals surface area contributed by atoms with E-state index in [1.165, 1.54) is 5.56 Å². The molecule has 0 radical (unpaired) electrons. The molecule has 1 aliphatic rings. The molecule has 1 heterocycles. The number of nitrogens with zero attached hydrogens (tertiary/aromatic N) is 1. The summed E-state index contributed by atoms with van der Waals surface area (Å²) >= 11 is 8.42. The predicted octanol–water partition coefficient (Wildman–Crippen LogP) is 6.26. The van der Waals surface area contributed by atoms with Crippen molar-refractivity contribution in [2.24, 2.45) is 5.41 Å². The van der Waals surface area contributed by atoms with Crippen LogP contribution in [0.1, 0.15) is 35.7 Å². The summed E-state index contributed by atoms with van der Waals surface area (Å²) in [6.45, 7) is 2.12. The monoisotopic (exact) mass is 453 g/mol. The van der Waals surface area contributed by atoms with Crippen molar-refractivity contribution in [2.75, 3.05) is 10.8 Å². The number of anilines is 2. The zero-order valence-electron chi connectivity index (χ0n) is 13.7. The van der Waals surface area contributed by atoms with Gasteiger partial charge in [0.15, 0.2) is 0 Å². The molecule has 0 spiro atoms. The van der Waals surface area contributed by atoms with Crippen molar-refractivity contribution in [1.29, 1.82) is 0 Å². The number of alkyl halides is 2. The predicted molar refractivity (Wildman–Crippen MR) is 109 cm³/mol. The molecule has 126 valence electrons. The van der Waals surface area contributed by atoms with Crippen molar-refractivity contribution in [3.63, 3.8) is 0 Å². The van der Waals surface area contributed by atoms with Crippen LogP contribution >= 0.6 is 34.2 Å². The fourth-order valence-electron chi connectivity index (χ4n) is 3.60. The van der Waals surface area contributed by atoms with Gasteiger partial charge < -0.3 is 0 Å². The average Bonchev–Trinajstić information content (AvgIpc) is 2.63. The Hall–Kier alpha value is -1.07. The van der Waals surface area contributed by atoms with E-state index in [2.05, 4.69) is 41.6 Å². The van der Waals surface area contributed by atoms with Crippen LogP contribution in [0.25, 0.3) is 0 Å². The van der Waals surface area contributed by atoms with Gasteiger partial charge in [-0.3, -0.25) is 9.69 Å². The summed E-state index contributed by atoms with van der Waals surface area (Å²) in [5, 5.41) is 0. The Morgan fingerprint density at radius 3 is 2.46 bits per heavy atom. The standard InChI is InChI=1S/C20H21ClINO/c1-2-20(13-8-14-21)18(22)16-11-6-7-12-17(16)23(19(20)24)15-9-4-3-5-10-15/h3-7,9-12,18H,2,8,13-14H2,1H3. The van der Waals surface area contributed by atoms with Gasteiger partial charge >= 0.3 is 0 Å². The normalized spacial score (nSPS) is 23.2. The highest BCUT2D eigenvalue weighted by molar-refractivity contribution is 14.1. The molecule has 0 aromatic heterocycles. The van der Waals surface area contributed by atoms with Gasteiger partial charge in [-0.1, -0.05) is 65.9 Å². The van der Waals surface area contributed by atoms with Crippen LogP contribution in [0.15, 0.2) is 54.6 Å². The first-order valence-corrected chi connectivity index (χ1v) is 10.1. The minimum absolute atomic E-state index is 0.159. The fourth-order valence-corrected chi connectivity index (χ4v) is 5.28. The largest absolute Gasteiger partial charge is 0.280 e. The molecule has 1 amide bonds. The van der Waals surface area contributed by atoms with Crippen molar-refractivity contribution in [3.05, 3.63) is 60.2 Å². The molecule has 4 heteroatoms. The molecule has 0 fully saturated rings. The molecule has 0 saturated carbocycles. The molecule has 24 heavy (non-hydrogen) atoms. The summed E-state index contributed by atoms with van der Waals surface area (Å²) in [4.78, 5) is 15.5. The van der Waals surface area contributed by atoms with Crippen LogP contribution in [0.2, 0.25) is 0 Å². The Balaban J connectivity index is 2.18. The molecular formula is C20H21ClINO. The topological polar surface area (TPSA) is 20.3 Å². The van der Waals surface area contributed by atoms with E-state index in [-0.39, 0.29) is 9.83 Å². The Morgan fingerprint density at radius 1 is 1.12 bits per heavy atom. The maximum atomic E-state index is 13.6. The van der Waals surface area contributed by atoms with E-state index in [1.54, 1.807) is 0 Å². The average molecular weight is 454 g/mol. The number of fused-ring (bicyclic) bond motifs is 1. The fraction of sp³-hybridized carbons (Fsp3) is 0.350. The minimum atomic E-state index is -0.403. The minimum Gasteiger partial charge on any atom is -0.280 e. The van der Waals surface area contributed by atoms with Crippen LogP contribution in [0.3, 0.4) is 0 Å². The lowest BCUT2D eigenvalue weighted by Gasteiger charge is -2.46. The number of amides is 1. The van der Waals surface area contributed by atoms with Crippen LogP contribution < -0.4 is 4.90 Å². The van der Waals surface area contributed by atoms with Gasteiger partial charge in [-0.15, -0.1) is 11.6 Å². The summed E-state index contributed by atoms with van der Waals surface area (Å²) in [6.07, 6.45) is 2.48. The molecule has 1 aliphatic heterocycles. The van der Waals surface area contributed by atoms with Gasteiger partial charge in [-0.2, -0.15) is 0 Å². The van der Waals surface area contributed by atoms with E-state index < -0.39 is 5.41 Å². The summed E-state index contributed by atoms with van der Waals surface area (Å²) in [6, 6.07) is 18.2. The first kappa shape index (κ1) is 17.7. The van der Waals surface area contributed by atoms with Gasteiger partial charge in [0.2, 0.25) is 5.91 Å². The third-order valence-electron chi connectivity index (χ3n) is 4.97. The van der Waals surface area contributed by atoms with E-state index in [4.69, 9.17) is 11.6 Å². The molecular weight excluding hydrogens is 433 g/mol. The first-order chi connectivity index (χ1) is 11.7. The smallest absolute Gasteiger partial charge is 0.239 e. The molecule has 2 aromatic carbocycles. The molecule has 3 rings (SSSR count). The maximum Gasteiger partial charge on any atom is 0.239 e. The van der Waals surface area contributed by atoms with Crippen LogP contribution in [0, 0.1) is 5.41 Å². The molecule has 0 saturated heterocycles. The zero-order chi connectivity index (χ0) is 17.2. The number of carbonyl (C=O) groups excluding carboxylic acids is 1. The van der Waals surface area contributed by atoms with Crippen LogP contribution in [-0.4, -0.2) is 11.8 Å². The highest BCUT2D eigenvalue weighted by atomic mass is 127. The molecule has 0 bridgehead atoms. The third kappa shape index (κ3) is 2.86. The number of hydrogen-bond acceptors (Lipinski definition) is 1. The van der Waals surface area contributed by atoms with Gasteiger partial charge in [0.05, 0.1) is 15.0 Å². The van der Waals surface area contributed by atoms with E-state index >= 15 is 0 Å². The first-order valence-electron chi connectivity index (χ1n) is 8.34. The number of hydrogen-bond donors (Lipinski definition) is 0. The number of halogens is 2. The second-order valence-electron chi connectivity index (χ2n) is 6.20. The number of carbonyl (C=O) groups is 1. The molecule has 0 aliphatic carbocycles. The van der Waals surface area contributed by atoms with Crippen LogP contribution in [-0.2, 0) is 4.79 Å². The van der Waals surface area contributed by atoms with Crippen molar-refractivity contribution >= 4 is 51.5 Å². The lowest BCUT2D eigenvalue weighted by molar-refractivity contribution is -0.128. The highest BCUT2D eigenvalue weighted by Gasteiger charge is 2.50. The Morgan fingerprint density at radius 2 is 1.79 bits per heavy atom. The number of benzene rings is 2. The van der Waals surface area contributed by atoms with E-state index in [1.807, 2.05) is 47.4 Å². The summed E-state index contributed by atoms with van der Waals surface area (Å²) in [5.74, 6) is 0.783. The van der Waals surface area contributed by atoms with Crippen molar-refractivity contribution in [2.45, 2.75) is 30.1 Å². The number of para-hydroxylation sites is 2. The van der Waals surface area contributed by atoms with Crippen molar-refractivity contribution in [1.82, 2.24) is 0 Å². The van der Waals surface area contributed by atoms with E-state index in [0.29, 0.717) is 5.88 Å².